The molecule has 0 aromatic carbocycles. The van der Waals surface area contributed by atoms with E-state index < -0.39 is 0 Å². The van der Waals surface area contributed by atoms with Gasteiger partial charge < -0.3 is 9.64 Å². The van der Waals surface area contributed by atoms with Crippen LogP contribution in [0.3, 0.4) is 0 Å². The Labute approximate surface area is 110 Å². The average Bonchev–Trinajstić information content (AvgIpc) is 2.49. The van der Waals surface area contributed by atoms with Crippen molar-refractivity contribution in [1.29, 1.82) is 0 Å². The minimum Gasteiger partial charge on any atom is -0.366 e. The van der Waals surface area contributed by atoms with Crippen LogP contribution in [0.1, 0.15) is 40.0 Å². The maximum Gasteiger partial charge on any atom is 0.248 e. The lowest BCUT2D eigenvalue weighted by atomic mass is 10.1. The second-order valence-corrected chi connectivity index (χ2v) is 6.58. The van der Waals surface area contributed by atoms with Crippen LogP contribution in [0.4, 0.5) is 0 Å². The van der Waals surface area contributed by atoms with Crippen LogP contribution in [-0.2, 0) is 9.53 Å². The summed E-state index contributed by atoms with van der Waals surface area (Å²) in [6.07, 6.45) is 3.63. The van der Waals surface area contributed by atoms with Crippen molar-refractivity contribution in [3.05, 3.63) is 0 Å². The molecule has 2 saturated heterocycles. The highest BCUT2D eigenvalue weighted by atomic mass is 16.5. The summed E-state index contributed by atoms with van der Waals surface area (Å²) in [4.78, 5) is 16.6. The molecule has 4 heteroatoms. The van der Waals surface area contributed by atoms with Gasteiger partial charge in [-0.1, -0.05) is 0 Å². The van der Waals surface area contributed by atoms with E-state index in [1.54, 1.807) is 0 Å². The lowest BCUT2D eigenvalue weighted by Crippen LogP contribution is -2.42. The molecule has 2 unspecified atom stereocenters. The minimum absolute atomic E-state index is 0.144. The summed E-state index contributed by atoms with van der Waals surface area (Å²) in [6, 6.07) is 1.23. The third-order valence-electron chi connectivity index (χ3n) is 4.13. The van der Waals surface area contributed by atoms with Gasteiger partial charge >= 0.3 is 0 Å². The Morgan fingerprint density at radius 2 is 1.89 bits per heavy atom. The number of nitrogens with zero attached hydrogens (tertiary/aromatic N) is 2. The van der Waals surface area contributed by atoms with Crippen LogP contribution in [0.5, 0.6) is 0 Å². The molecule has 2 aliphatic rings. The van der Waals surface area contributed by atoms with E-state index in [0.29, 0.717) is 12.1 Å². The van der Waals surface area contributed by atoms with Gasteiger partial charge in [0.25, 0.3) is 0 Å². The van der Waals surface area contributed by atoms with Crippen molar-refractivity contribution < 1.29 is 9.53 Å². The molecule has 2 atom stereocenters. The quantitative estimate of drug-likeness (QED) is 0.748. The molecule has 4 nitrogen and oxygen atoms in total. The van der Waals surface area contributed by atoms with Gasteiger partial charge in [-0.05, 0) is 47.1 Å². The van der Waals surface area contributed by atoms with Crippen LogP contribution in [-0.4, -0.2) is 60.1 Å². The summed E-state index contributed by atoms with van der Waals surface area (Å²) in [5, 5.41) is 0. The number of amides is 1. The van der Waals surface area contributed by atoms with Crippen molar-refractivity contribution in [2.45, 2.75) is 57.7 Å². The zero-order valence-corrected chi connectivity index (χ0v) is 12.1. The third-order valence-corrected chi connectivity index (χ3v) is 4.13. The number of hydrogen-bond acceptors (Lipinski definition) is 3. The fourth-order valence-electron chi connectivity index (χ4n) is 2.90. The molecule has 2 heterocycles. The van der Waals surface area contributed by atoms with E-state index in [-0.39, 0.29) is 18.1 Å². The van der Waals surface area contributed by atoms with E-state index in [4.69, 9.17) is 4.74 Å². The molecule has 2 aliphatic heterocycles. The zero-order chi connectivity index (χ0) is 13.3. The number of carbonyl (C=O) groups is 1. The van der Waals surface area contributed by atoms with Gasteiger partial charge in [-0.3, -0.25) is 9.69 Å². The lowest BCUT2D eigenvalue weighted by Gasteiger charge is -2.27. The standard InChI is InChI=1S/C14H26N2O2/c1-14(2,3)18-10-13(17)16-8-7-11-5-6-12(9-16)15(11)4/h11-12H,5-10H2,1-4H3. The van der Waals surface area contributed by atoms with Crippen LogP contribution >= 0.6 is 0 Å². The smallest absolute Gasteiger partial charge is 0.248 e. The molecule has 18 heavy (non-hydrogen) atoms. The number of fused-ring (bicyclic) bond motifs is 2. The Morgan fingerprint density at radius 3 is 2.56 bits per heavy atom. The summed E-state index contributed by atoms with van der Waals surface area (Å²) in [5.41, 5.74) is -0.239. The summed E-state index contributed by atoms with van der Waals surface area (Å²) in [6.45, 7) is 7.93. The van der Waals surface area contributed by atoms with Gasteiger partial charge in [-0.2, -0.15) is 0 Å². The fourth-order valence-corrected chi connectivity index (χ4v) is 2.90. The number of hydrogen-bond donors (Lipinski definition) is 0. The van der Waals surface area contributed by atoms with E-state index in [1.165, 1.54) is 12.8 Å². The molecular weight excluding hydrogens is 228 g/mol. The first kappa shape index (κ1) is 13.8. The van der Waals surface area contributed by atoms with E-state index in [2.05, 4.69) is 11.9 Å². The molecule has 0 N–H and O–H groups in total. The Hall–Kier alpha value is -0.610. The van der Waals surface area contributed by atoms with Crippen molar-refractivity contribution in [3.8, 4) is 0 Å². The molecule has 0 spiro atoms. The first-order valence-electron chi connectivity index (χ1n) is 7.00. The molecule has 0 radical (unpaired) electrons. The molecule has 0 saturated carbocycles. The van der Waals surface area contributed by atoms with Crippen molar-refractivity contribution >= 4 is 5.91 Å². The third kappa shape index (κ3) is 3.23. The summed E-state index contributed by atoms with van der Waals surface area (Å²) >= 11 is 0. The highest BCUT2D eigenvalue weighted by Crippen LogP contribution is 2.28. The predicted octanol–water partition coefficient (Wildman–Crippen LogP) is 1.50. The van der Waals surface area contributed by atoms with Crippen LogP contribution < -0.4 is 0 Å². The van der Waals surface area contributed by atoms with Crippen LogP contribution in [0.15, 0.2) is 0 Å². The molecule has 0 aliphatic carbocycles. The number of rotatable bonds is 2. The number of likely N-dealkylation sites (N-methyl/N-ethyl adjacent to an activating group) is 1. The summed E-state index contributed by atoms with van der Waals surface area (Å²) < 4.78 is 5.59. The normalized spacial score (nSPS) is 29.4. The Bertz CT molecular complexity index is 311. The topological polar surface area (TPSA) is 32.8 Å². The van der Waals surface area contributed by atoms with Crippen molar-refractivity contribution in [2.24, 2.45) is 0 Å². The highest BCUT2D eigenvalue weighted by molar-refractivity contribution is 5.77. The maximum absolute atomic E-state index is 12.2. The van der Waals surface area contributed by atoms with Crippen molar-refractivity contribution in [3.63, 3.8) is 0 Å². The maximum atomic E-state index is 12.2. The SMILES string of the molecule is CN1C2CCC1CN(C(=O)COC(C)(C)C)CC2. The number of ether oxygens (including phenoxy) is 1. The zero-order valence-electron chi connectivity index (χ0n) is 12.1. The molecule has 0 aromatic rings. The van der Waals surface area contributed by atoms with Crippen molar-refractivity contribution in [2.75, 3.05) is 26.7 Å². The minimum atomic E-state index is -0.239. The molecule has 0 aromatic heterocycles. The van der Waals surface area contributed by atoms with Gasteiger partial charge in [0, 0.05) is 25.2 Å². The van der Waals surface area contributed by atoms with Gasteiger partial charge in [-0.25, -0.2) is 0 Å². The number of carbonyl (C=O) groups excluding carboxylic acids is 1. The molecule has 2 bridgehead atoms. The second-order valence-electron chi connectivity index (χ2n) is 6.58. The van der Waals surface area contributed by atoms with E-state index in [1.807, 2.05) is 25.7 Å². The molecular formula is C14H26N2O2. The van der Waals surface area contributed by atoms with Gasteiger partial charge in [0.05, 0.1) is 5.60 Å². The van der Waals surface area contributed by atoms with E-state index >= 15 is 0 Å². The van der Waals surface area contributed by atoms with Gasteiger partial charge in [-0.15, -0.1) is 0 Å². The summed E-state index contributed by atoms with van der Waals surface area (Å²) in [7, 11) is 2.20. The van der Waals surface area contributed by atoms with Gasteiger partial charge in [0.15, 0.2) is 0 Å². The first-order valence-corrected chi connectivity index (χ1v) is 7.00. The Balaban J connectivity index is 1.88. The first-order chi connectivity index (χ1) is 8.37. The van der Waals surface area contributed by atoms with Gasteiger partial charge in [0.1, 0.15) is 6.61 Å². The fraction of sp³-hybridized carbons (Fsp3) is 0.929. The number of likely N-dealkylation sites (tertiary alicyclic amines) is 1. The van der Waals surface area contributed by atoms with Crippen LogP contribution in [0, 0.1) is 0 Å². The predicted molar refractivity (Wildman–Crippen MR) is 71.5 cm³/mol. The van der Waals surface area contributed by atoms with Crippen molar-refractivity contribution in [1.82, 2.24) is 9.80 Å². The highest BCUT2D eigenvalue weighted by Gasteiger charge is 2.36. The molecule has 2 rings (SSSR count). The second kappa shape index (κ2) is 5.17. The van der Waals surface area contributed by atoms with E-state index in [0.717, 1.165) is 19.5 Å². The van der Waals surface area contributed by atoms with E-state index in [9.17, 15) is 4.79 Å². The Morgan fingerprint density at radius 1 is 1.22 bits per heavy atom. The largest absolute Gasteiger partial charge is 0.366 e. The molecule has 104 valence electrons. The van der Waals surface area contributed by atoms with Gasteiger partial charge in [0.2, 0.25) is 5.91 Å². The lowest BCUT2D eigenvalue weighted by molar-refractivity contribution is -0.141. The average molecular weight is 254 g/mol. The Kier molecular flexibility index (Phi) is 3.97. The molecule has 1 amide bonds. The van der Waals surface area contributed by atoms with Crippen LogP contribution in [0.25, 0.3) is 0 Å². The monoisotopic (exact) mass is 254 g/mol. The van der Waals surface area contributed by atoms with Crippen LogP contribution in [0.2, 0.25) is 0 Å². The summed E-state index contributed by atoms with van der Waals surface area (Å²) in [5.74, 6) is 0.144. The molecule has 2 fully saturated rings.